The number of esters is 1. The molecule has 4 aromatic rings. The van der Waals surface area contributed by atoms with Crippen LogP contribution in [0.25, 0.3) is 16.8 Å². The first kappa shape index (κ1) is 23.5. The summed E-state index contributed by atoms with van der Waals surface area (Å²) < 4.78 is 22.5. The average Bonchev–Trinajstić information content (AvgIpc) is 3.46. The van der Waals surface area contributed by atoms with Gasteiger partial charge in [0.25, 0.3) is 0 Å². The van der Waals surface area contributed by atoms with E-state index in [2.05, 4.69) is 10.1 Å². The van der Waals surface area contributed by atoms with Crippen molar-refractivity contribution >= 4 is 11.8 Å². The van der Waals surface area contributed by atoms with Crippen LogP contribution in [0.2, 0.25) is 0 Å². The molecule has 0 saturated heterocycles. The average molecular weight is 473 g/mol. The van der Waals surface area contributed by atoms with Crippen molar-refractivity contribution in [1.29, 1.82) is 0 Å². The van der Waals surface area contributed by atoms with Crippen LogP contribution in [0.5, 0.6) is 17.2 Å². The highest BCUT2D eigenvalue weighted by Gasteiger charge is 2.21. The van der Waals surface area contributed by atoms with E-state index in [-0.39, 0.29) is 5.78 Å². The Balaban J connectivity index is 1.84. The molecular formula is C26H23N3O6. The van der Waals surface area contributed by atoms with E-state index in [1.807, 2.05) is 18.2 Å². The minimum atomic E-state index is -0.433. The maximum Gasteiger partial charge on any atom is 0.337 e. The lowest BCUT2D eigenvalue weighted by Crippen LogP contribution is -2.09. The van der Waals surface area contributed by atoms with Crippen LogP contribution in [0.4, 0.5) is 0 Å². The lowest BCUT2D eigenvalue weighted by Gasteiger charge is -2.15. The molecule has 3 aromatic carbocycles. The first-order valence-corrected chi connectivity index (χ1v) is 10.5. The van der Waals surface area contributed by atoms with Crippen molar-refractivity contribution in [3.63, 3.8) is 0 Å². The highest BCUT2D eigenvalue weighted by atomic mass is 16.5. The quantitative estimate of drug-likeness (QED) is 0.280. The second-order valence-electron chi connectivity index (χ2n) is 7.39. The van der Waals surface area contributed by atoms with E-state index >= 15 is 0 Å². The fourth-order valence-electron chi connectivity index (χ4n) is 3.74. The van der Waals surface area contributed by atoms with Crippen LogP contribution in [0.3, 0.4) is 0 Å². The molecule has 35 heavy (non-hydrogen) atoms. The first-order valence-electron chi connectivity index (χ1n) is 10.5. The maximum absolute atomic E-state index is 13.7. The van der Waals surface area contributed by atoms with Gasteiger partial charge in [0.05, 0.1) is 39.7 Å². The maximum atomic E-state index is 13.7. The van der Waals surface area contributed by atoms with Crippen LogP contribution in [0.15, 0.2) is 67.3 Å². The summed E-state index contributed by atoms with van der Waals surface area (Å²) in [6, 6.07) is 15.6. The van der Waals surface area contributed by atoms with Gasteiger partial charge in [0.2, 0.25) is 5.75 Å². The minimum absolute atomic E-state index is 0.274. The van der Waals surface area contributed by atoms with Gasteiger partial charge in [0.1, 0.15) is 12.7 Å². The van der Waals surface area contributed by atoms with Crippen molar-refractivity contribution in [2.45, 2.75) is 0 Å². The molecule has 1 heterocycles. The lowest BCUT2D eigenvalue weighted by atomic mass is 9.96. The van der Waals surface area contributed by atoms with Crippen LogP contribution in [-0.2, 0) is 4.74 Å². The summed E-state index contributed by atoms with van der Waals surface area (Å²) in [5.74, 6) is 0.425. The van der Waals surface area contributed by atoms with E-state index in [9.17, 15) is 9.59 Å². The summed E-state index contributed by atoms with van der Waals surface area (Å²) in [7, 11) is 5.81. The fraction of sp³-hybridized carbons (Fsp3) is 0.154. The predicted molar refractivity (Wildman–Crippen MR) is 128 cm³/mol. The van der Waals surface area contributed by atoms with Crippen molar-refractivity contribution in [3.8, 4) is 34.1 Å². The van der Waals surface area contributed by atoms with Crippen molar-refractivity contribution in [2.24, 2.45) is 0 Å². The van der Waals surface area contributed by atoms with Crippen molar-refractivity contribution in [1.82, 2.24) is 14.8 Å². The number of aromatic nitrogens is 3. The number of benzene rings is 3. The number of methoxy groups -OCH3 is 4. The molecule has 0 aliphatic heterocycles. The Kier molecular flexibility index (Phi) is 6.77. The second-order valence-corrected chi connectivity index (χ2v) is 7.39. The molecule has 1 aromatic heterocycles. The van der Waals surface area contributed by atoms with Crippen molar-refractivity contribution < 1.29 is 28.5 Å². The van der Waals surface area contributed by atoms with Gasteiger partial charge >= 0.3 is 5.97 Å². The number of carbonyl (C=O) groups excluding carboxylic acids is 2. The molecule has 0 saturated carbocycles. The first-order chi connectivity index (χ1) is 17.0. The van der Waals surface area contributed by atoms with Gasteiger partial charge in [-0.3, -0.25) is 4.79 Å². The fourth-order valence-corrected chi connectivity index (χ4v) is 3.74. The molecule has 0 aliphatic rings. The highest BCUT2D eigenvalue weighted by Crippen LogP contribution is 2.39. The molecule has 0 N–H and O–H groups in total. The Morgan fingerprint density at radius 3 is 2.11 bits per heavy atom. The number of ketones is 1. The van der Waals surface area contributed by atoms with Gasteiger partial charge in [0, 0.05) is 11.1 Å². The molecule has 178 valence electrons. The van der Waals surface area contributed by atoms with E-state index in [0.29, 0.717) is 39.6 Å². The van der Waals surface area contributed by atoms with Crippen LogP contribution in [0, 0.1) is 0 Å². The molecule has 0 radical (unpaired) electrons. The minimum Gasteiger partial charge on any atom is -0.493 e. The van der Waals surface area contributed by atoms with Gasteiger partial charge in [-0.2, -0.15) is 5.10 Å². The van der Waals surface area contributed by atoms with E-state index < -0.39 is 5.97 Å². The predicted octanol–water partition coefficient (Wildman–Crippen LogP) is 3.98. The van der Waals surface area contributed by atoms with Gasteiger partial charge in [-0.1, -0.05) is 18.2 Å². The highest BCUT2D eigenvalue weighted by molar-refractivity contribution is 6.12. The SMILES string of the molecule is COC(=O)c1cccc(-c2ccc(C(=O)c3cc(OC)c(OC)c(OC)c3)c(-n3cncn3)c2)c1. The number of nitrogens with zero attached hydrogens (tertiary/aromatic N) is 3. The van der Waals surface area contributed by atoms with Crippen molar-refractivity contribution in [3.05, 3.63) is 83.9 Å². The molecule has 9 heteroatoms. The van der Waals surface area contributed by atoms with E-state index in [0.717, 1.165) is 11.1 Å². The third kappa shape index (κ3) is 4.56. The Morgan fingerprint density at radius 2 is 1.51 bits per heavy atom. The van der Waals surface area contributed by atoms with Crippen molar-refractivity contribution in [2.75, 3.05) is 28.4 Å². The summed E-state index contributed by atoms with van der Waals surface area (Å²) in [5, 5.41) is 4.22. The van der Waals surface area contributed by atoms with Crippen LogP contribution in [-0.4, -0.2) is 55.0 Å². The summed E-state index contributed by atoms with van der Waals surface area (Å²) in [6.45, 7) is 0. The lowest BCUT2D eigenvalue weighted by molar-refractivity contribution is 0.0600. The van der Waals surface area contributed by atoms with Crippen LogP contribution >= 0.6 is 0 Å². The molecule has 0 aliphatic carbocycles. The molecule has 0 spiro atoms. The molecule has 4 rings (SSSR count). The van der Waals surface area contributed by atoms with Gasteiger partial charge in [0.15, 0.2) is 17.3 Å². The summed E-state index contributed by atoms with van der Waals surface area (Å²) in [6.07, 6.45) is 2.90. The zero-order valence-electron chi connectivity index (χ0n) is 19.6. The Bertz CT molecular complexity index is 1360. The number of hydrogen-bond donors (Lipinski definition) is 0. The smallest absolute Gasteiger partial charge is 0.337 e. The van der Waals surface area contributed by atoms with Gasteiger partial charge in [-0.05, 0) is 47.5 Å². The molecule has 0 bridgehead atoms. The summed E-state index contributed by atoms with van der Waals surface area (Å²) in [4.78, 5) is 29.7. The zero-order valence-corrected chi connectivity index (χ0v) is 19.6. The van der Waals surface area contributed by atoms with Gasteiger partial charge in [-0.25, -0.2) is 14.5 Å². The van der Waals surface area contributed by atoms with Crippen LogP contribution < -0.4 is 14.2 Å². The molecule has 0 atom stereocenters. The number of carbonyl (C=O) groups is 2. The third-order valence-corrected chi connectivity index (χ3v) is 5.45. The Hall–Kier alpha value is -4.66. The monoisotopic (exact) mass is 473 g/mol. The van der Waals surface area contributed by atoms with E-state index in [4.69, 9.17) is 18.9 Å². The summed E-state index contributed by atoms with van der Waals surface area (Å²) in [5.41, 5.74) is 3.23. The molecular weight excluding hydrogens is 450 g/mol. The number of hydrogen-bond acceptors (Lipinski definition) is 8. The van der Waals surface area contributed by atoms with Gasteiger partial charge in [-0.15, -0.1) is 0 Å². The Morgan fingerprint density at radius 1 is 0.800 bits per heavy atom. The molecule has 0 fully saturated rings. The summed E-state index contributed by atoms with van der Waals surface area (Å²) >= 11 is 0. The topological polar surface area (TPSA) is 102 Å². The molecule has 0 amide bonds. The largest absolute Gasteiger partial charge is 0.493 e. The molecule has 9 nitrogen and oxygen atoms in total. The normalized spacial score (nSPS) is 10.5. The van der Waals surface area contributed by atoms with Gasteiger partial charge < -0.3 is 18.9 Å². The van der Waals surface area contributed by atoms with Crippen LogP contribution in [0.1, 0.15) is 26.3 Å². The standard InChI is InChI=1S/C26H23N3O6/c1-32-22-12-19(13-23(33-2)25(22)34-3)24(30)20-9-8-17(11-21(20)29-15-27-14-28-29)16-6-5-7-18(10-16)26(31)35-4/h5-15H,1-4H3. The molecule has 0 unspecified atom stereocenters. The third-order valence-electron chi connectivity index (χ3n) is 5.45. The Labute approximate surface area is 201 Å². The van der Waals surface area contributed by atoms with E-state index in [1.165, 1.54) is 45.8 Å². The van der Waals surface area contributed by atoms with E-state index in [1.54, 1.807) is 36.4 Å². The number of ether oxygens (including phenoxy) is 4. The zero-order chi connectivity index (χ0) is 24.9. The number of rotatable bonds is 8. The second kappa shape index (κ2) is 10.1.